The van der Waals surface area contributed by atoms with Crippen LogP contribution in [-0.4, -0.2) is 71.6 Å². The molecule has 1 fully saturated rings. The molecule has 1 unspecified atom stereocenters. The standard InChI is InChI=1S/C21H21F3N6O2/c1-25-15-3-2-12(8-14(15)22)16-9-17-18(27-5-4-26-17)20(29-16)28-10-13-11-30(6-7-32-13)21(31)19(23)24/h2-5,8-9,13,19,25H,6-7,10-11H2,1H3,(H,28,29). The number of hydrogen-bond acceptors (Lipinski definition) is 7. The monoisotopic (exact) mass is 446 g/mol. The van der Waals surface area contributed by atoms with E-state index in [0.29, 0.717) is 33.8 Å². The molecule has 0 spiro atoms. The Bertz CT molecular complexity index is 1130. The first kappa shape index (κ1) is 21.8. The number of hydrogen-bond donors (Lipinski definition) is 2. The van der Waals surface area contributed by atoms with Crippen LogP contribution in [0.4, 0.5) is 24.7 Å². The summed E-state index contributed by atoms with van der Waals surface area (Å²) in [5.74, 6) is -1.23. The summed E-state index contributed by atoms with van der Waals surface area (Å²) in [5.41, 5.74) is 2.46. The smallest absolute Gasteiger partial charge is 0.315 e. The molecule has 11 heteroatoms. The van der Waals surface area contributed by atoms with Gasteiger partial charge in [-0.15, -0.1) is 0 Å². The molecule has 1 aliphatic rings. The van der Waals surface area contributed by atoms with Gasteiger partial charge in [-0.25, -0.2) is 14.4 Å². The van der Waals surface area contributed by atoms with Crippen LogP contribution in [0.1, 0.15) is 0 Å². The van der Waals surface area contributed by atoms with E-state index < -0.39 is 24.3 Å². The Labute approximate surface area is 181 Å². The molecule has 0 aliphatic carbocycles. The van der Waals surface area contributed by atoms with Gasteiger partial charge in [-0.1, -0.05) is 6.07 Å². The average molecular weight is 446 g/mol. The van der Waals surface area contributed by atoms with E-state index in [1.807, 2.05) is 0 Å². The van der Waals surface area contributed by atoms with Gasteiger partial charge < -0.3 is 20.3 Å². The lowest BCUT2D eigenvalue weighted by Crippen LogP contribution is -2.49. The number of alkyl halides is 2. The Morgan fingerprint density at radius 3 is 2.84 bits per heavy atom. The van der Waals surface area contributed by atoms with Crippen LogP contribution < -0.4 is 10.6 Å². The molecule has 168 valence electrons. The van der Waals surface area contributed by atoms with E-state index in [1.165, 1.54) is 12.3 Å². The van der Waals surface area contributed by atoms with Crippen molar-refractivity contribution >= 4 is 28.4 Å². The number of ether oxygens (including phenoxy) is 1. The Morgan fingerprint density at radius 1 is 1.28 bits per heavy atom. The molecule has 0 bridgehead atoms. The Kier molecular flexibility index (Phi) is 6.35. The van der Waals surface area contributed by atoms with Crippen LogP contribution in [0.15, 0.2) is 36.7 Å². The second-order valence-corrected chi connectivity index (χ2v) is 7.18. The van der Waals surface area contributed by atoms with Gasteiger partial charge in [0.05, 0.1) is 29.6 Å². The fraction of sp³-hybridized carbons (Fsp3) is 0.333. The SMILES string of the molecule is CNc1ccc(-c2cc3nccnc3c(NCC3CN(C(=O)C(F)F)CCO3)n2)cc1F. The number of pyridine rings is 1. The second-order valence-electron chi connectivity index (χ2n) is 7.18. The number of carbonyl (C=O) groups is 1. The zero-order chi connectivity index (χ0) is 22.7. The van der Waals surface area contributed by atoms with Crippen LogP contribution in [0.25, 0.3) is 22.3 Å². The molecular formula is C21H21F3N6O2. The molecule has 1 amide bonds. The first-order chi connectivity index (χ1) is 15.5. The van der Waals surface area contributed by atoms with E-state index in [2.05, 4.69) is 25.6 Å². The fourth-order valence-corrected chi connectivity index (χ4v) is 3.51. The quantitative estimate of drug-likeness (QED) is 0.602. The summed E-state index contributed by atoms with van der Waals surface area (Å²) >= 11 is 0. The highest BCUT2D eigenvalue weighted by molar-refractivity contribution is 5.88. The molecule has 1 saturated heterocycles. The van der Waals surface area contributed by atoms with Gasteiger partial charge in [0.25, 0.3) is 5.91 Å². The second kappa shape index (κ2) is 9.35. The Balaban J connectivity index is 1.58. The minimum Gasteiger partial charge on any atom is -0.386 e. The molecule has 2 aromatic heterocycles. The maximum absolute atomic E-state index is 14.3. The predicted molar refractivity (Wildman–Crippen MR) is 113 cm³/mol. The Morgan fingerprint density at radius 2 is 2.09 bits per heavy atom. The lowest BCUT2D eigenvalue weighted by Gasteiger charge is -2.32. The number of carbonyl (C=O) groups excluding carboxylic acids is 1. The predicted octanol–water partition coefficient (Wildman–Crippen LogP) is 2.78. The molecule has 3 heterocycles. The van der Waals surface area contributed by atoms with Gasteiger partial charge in [0.15, 0.2) is 5.82 Å². The number of amides is 1. The number of anilines is 2. The zero-order valence-corrected chi connectivity index (χ0v) is 17.2. The van der Waals surface area contributed by atoms with E-state index in [4.69, 9.17) is 4.74 Å². The van der Waals surface area contributed by atoms with Crippen molar-refractivity contribution in [2.45, 2.75) is 12.5 Å². The molecular weight excluding hydrogens is 425 g/mol. The van der Waals surface area contributed by atoms with Gasteiger partial charge >= 0.3 is 6.43 Å². The molecule has 1 aliphatic heterocycles. The summed E-state index contributed by atoms with van der Waals surface area (Å²) in [6.45, 7) is 0.532. The minimum atomic E-state index is -3.05. The summed E-state index contributed by atoms with van der Waals surface area (Å²) in [5, 5.41) is 5.89. The van der Waals surface area contributed by atoms with Gasteiger partial charge in [-0.05, 0) is 18.2 Å². The van der Waals surface area contributed by atoms with Crippen LogP contribution in [-0.2, 0) is 9.53 Å². The summed E-state index contributed by atoms with van der Waals surface area (Å²) in [6.07, 6.45) is -0.486. The topological polar surface area (TPSA) is 92.3 Å². The number of rotatable bonds is 6. The van der Waals surface area contributed by atoms with Gasteiger partial charge in [0.1, 0.15) is 11.3 Å². The van der Waals surface area contributed by atoms with Gasteiger partial charge in [-0.3, -0.25) is 9.78 Å². The lowest BCUT2D eigenvalue weighted by molar-refractivity contribution is -0.149. The van der Waals surface area contributed by atoms with Crippen LogP contribution in [0.3, 0.4) is 0 Å². The highest BCUT2D eigenvalue weighted by Gasteiger charge is 2.29. The fourth-order valence-electron chi connectivity index (χ4n) is 3.51. The van der Waals surface area contributed by atoms with Gasteiger partial charge in [0.2, 0.25) is 0 Å². The summed E-state index contributed by atoms with van der Waals surface area (Å²) in [4.78, 5) is 25.9. The highest BCUT2D eigenvalue weighted by atomic mass is 19.3. The van der Waals surface area contributed by atoms with E-state index in [9.17, 15) is 18.0 Å². The molecule has 0 radical (unpaired) electrons. The summed E-state index contributed by atoms with van der Waals surface area (Å²) < 4.78 is 45.4. The molecule has 2 N–H and O–H groups in total. The maximum atomic E-state index is 14.3. The number of nitrogens with one attached hydrogen (secondary N) is 2. The van der Waals surface area contributed by atoms with Crippen molar-refractivity contribution in [3.05, 3.63) is 42.5 Å². The van der Waals surface area contributed by atoms with E-state index >= 15 is 0 Å². The molecule has 1 aromatic carbocycles. The van der Waals surface area contributed by atoms with Crippen molar-refractivity contribution in [1.82, 2.24) is 19.9 Å². The van der Waals surface area contributed by atoms with Crippen molar-refractivity contribution in [2.24, 2.45) is 0 Å². The van der Waals surface area contributed by atoms with Crippen molar-refractivity contribution < 1.29 is 22.7 Å². The van der Waals surface area contributed by atoms with Crippen molar-refractivity contribution in [1.29, 1.82) is 0 Å². The third-order valence-electron chi connectivity index (χ3n) is 5.13. The normalized spacial score (nSPS) is 16.4. The largest absolute Gasteiger partial charge is 0.386 e. The van der Waals surface area contributed by atoms with E-state index in [-0.39, 0.29) is 26.2 Å². The molecule has 32 heavy (non-hydrogen) atoms. The number of nitrogens with zero attached hydrogens (tertiary/aromatic N) is 4. The zero-order valence-electron chi connectivity index (χ0n) is 17.2. The van der Waals surface area contributed by atoms with Crippen LogP contribution >= 0.6 is 0 Å². The number of morpholine rings is 1. The van der Waals surface area contributed by atoms with Gasteiger partial charge in [-0.2, -0.15) is 8.78 Å². The first-order valence-corrected chi connectivity index (χ1v) is 9.98. The minimum absolute atomic E-state index is 0.0379. The maximum Gasteiger partial charge on any atom is 0.315 e. The molecule has 3 aromatic rings. The third kappa shape index (κ3) is 4.57. The lowest BCUT2D eigenvalue weighted by atomic mass is 10.1. The molecule has 1 atom stereocenters. The van der Waals surface area contributed by atoms with Crippen molar-refractivity contribution in [3.63, 3.8) is 0 Å². The highest BCUT2D eigenvalue weighted by Crippen LogP contribution is 2.28. The molecule has 0 saturated carbocycles. The van der Waals surface area contributed by atoms with Gasteiger partial charge in [0, 0.05) is 44.6 Å². The third-order valence-corrected chi connectivity index (χ3v) is 5.13. The van der Waals surface area contributed by atoms with E-state index in [1.54, 1.807) is 31.4 Å². The first-order valence-electron chi connectivity index (χ1n) is 9.98. The summed E-state index contributed by atoms with van der Waals surface area (Å²) in [6, 6.07) is 6.44. The molecule has 4 rings (SSSR count). The molecule has 8 nitrogen and oxygen atoms in total. The number of halogens is 3. The number of fused-ring (bicyclic) bond motifs is 1. The van der Waals surface area contributed by atoms with E-state index in [0.717, 1.165) is 4.90 Å². The van der Waals surface area contributed by atoms with Crippen LogP contribution in [0.5, 0.6) is 0 Å². The van der Waals surface area contributed by atoms with Crippen LogP contribution in [0, 0.1) is 5.82 Å². The summed E-state index contributed by atoms with van der Waals surface area (Å²) in [7, 11) is 1.63. The average Bonchev–Trinajstić information content (AvgIpc) is 2.81. The number of aromatic nitrogens is 3. The van der Waals surface area contributed by atoms with Crippen molar-refractivity contribution in [3.8, 4) is 11.3 Å². The Hall–Kier alpha value is -3.47. The van der Waals surface area contributed by atoms with Crippen molar-refractivity contribution in [2.75, 3.05) is 43.9 Å². The number of benzene rings is 1. The van der Waals surface area contributed by atoms with Crippen LogP contribution in [0.2, 0.25) is 0 Å².